The van der Waals surface area contributed by atoms with E-state index in [0.29, 0.717) is 19.1 Å². The standard InChI is InChI=1S/C11H13ClO4/c12-5-11-8-14-13-6-9-3-1-2-4-10(9)7-15-16-11/h1-4,11H,5-8H2. The van der Waals surface area contributed by atoms with E-state index in [1.165, 1.54) is 0 Å². The van der Waals surface area contributed by atoms with Gasteiger partial charge in [-0.3, -0.25) is 0 Å². The first-order valence-electron chi connectivity index (χ1n) is 5.05. The van der Waals surface area contributed by atoms with Crippen LogP contribution in [0.1, 0.15) is 11.1 Å². The van der Waals surface area contributed by atoms with Crippen molar-refractivity contribution in [2.24, 2.45) is 0 Å². The van der Waals surface area contributed by atoms with Crippen LogP contribution in [0.2, 0.25) is 0 Å². The number of hydrogen-bond donors (Lipinski definition) is 0. The molecule has 1 unspecified atom stereocenters. The molecule has 88 valence electrons. The lowest BCUT2D eigenvalue weighted by Crippen LogP contribution is -2.23. The fourth-order valence-electron chi connectivity index (χ4n) is 1.36. The van der Waals surface area contributed by atoms with E-state index in [9.17, 15) is 0 Å². The van der Waals surface area contributed by atoms with Gasteiger partial charge in [-0.05, 0) is 11.1 Å². The van der Waals surface area contributed by atoms with Crippen molar-refractivity contribution in [3.8, 4) is 0 Å². The lowest BCUT2D eigenvalue weighted by atomic mass is 10.1. The predicted octanol–water partition coefficient (Wildman–Crippen LogP) is 2.20. The van der Waals surface area contributed by atoms with Gasteiger partial charge in [-0.15, -0.1) is 11.6 Å². The maximum absolute atomic E-state index is 5.66. The molecule has 4 nitrogen and oxygen atoms in total. The number of benzene rings is 1. The van der Waals surface area contributed by atoms with E-state index in [2.05, 4.69) is 0 Å². The van der Waals surface area contributed by atoms with Gasteiger partial charge < -0.3 is 0 Å². The highest BCUT2D eigenvalue weighted by atomic mass is 35.5. The minimum Gasteiger partial charge on any atom is -0.233 e. The molecule has 1 heterocycles. The first-order valence-corrected chi connectivity index (χ1v) is 5.59. The highest BCUT2D eigenvalue weighted by Gasteiger charge is 2.13. The van der Waals surface area contributed by atoms with Crippen molar-refractivity contribution in [2.45, 2.75) is 19.3 Å². The van der Waals surface area contributed by atoms with Crippen LogP contribution in [0, 0.1) is 0 Å². The molecule has 1 aromatic rings. The van der Waals surface area contributed by atoms with Crippen molar-refractivity contribution in [1.82, 2.24) is 0 Å². The van der Waals surface area contributed by atoms with Crippen LogP contribution in [-0.4, -0.2) is 18.6 Å². The van der Waals surface area contributed by atoms with Crippen molar-refractivity contribution in [3.05, 3.63) is 35.4 Å². The second kappa shape index (κ2) is 6.18. The zero-order valence-electron chi connectivity index (χ0n) is 8.73. The van der Waals surface area contributed by atoms with Gasteiger partial charge in [-0.25, -0.2) is 19.6 Å². The summed E-state index contributed by atoms with van der Waals surface area (Å²) in [5.74, 6) is 0.297. The van der Waals surface area contributed by atoms with E-state index < -0.39 is 0 Å². The zero-order valence-corrected chi connectivity index (χ0v) is 9.48. The molecule has 16 heavy (non-hydrogen) atoms. The van der Waals surface area contributed by atoms with Gasteiger partial charge in [0.25, 0.3) is 0 Å². The largest absolute Gasteiger partial charge is 0.233 e. The van der Waals surface area contributed by atoms with E-state index in [1.807, 2.05) is 24.3 Å². The van der Waals surface area contributed by atoms with Crippen molar-refractivity contribution in [3.63, 3.8) is 0 Å². The third kappa shape index (κ3) is 3.17. The summed E-state index contributed by atoms with van der Waals surface area (Å²) < 4.78 is 0. The predicted molar refractivity (Wildman–Crippen MR) is 57.6 cm³/mol. The highest BCUT2D eigenvalue weighted by molar-refractivity contribution is 6.18. The molecule has 0 bridgehead atoms. The van der Waals surface area contributed by atoms with Crippen LogP contribution in [0.25, 0.3) is 0 Å². The van der Waals surface area contributed by atoms with Crippen LogP contribution >= 0.6 is 11.6 Å². The summed E-state index contributed by atoms with van der Waals surface area (Å²) in [7, 11) is 0. The average Bonchev–Trinajstić information content (AvgIpc) is 2.34. The lowest BCUT2D eigenvalue weighted by Gasteiger charge is -2.17. The molecule has 1 aliphatic heterocycles. The normalized spacial score (nSPS) is 22.4. The van der Waals surface area contributed by atoms with E-state index >= 15 is 0 Å². The summed E-state index contributed by atoms with van der Waals surface area (Å²) in [6, 6.07) is 7.80. The third-order valence-corrected chi connectivity index (χ3v) is 2.60. The molecule has 5 heteroatoms. The maximum atomic E-state index is 5.66. The third-order valence-electron chi connectivity index (χ3n) is 2.26. The Hall–Kier alpha value is -0.650. The molecule has 0 radical (unpaired) electrons. The SMILES string of the molecule is ClCC1COOCc2ccccc2COO1. The van der Waals surface area contributed by atoms with E-state index in [4.69, 9.17) is 31.2 Å². The molecule has 0 aromatic heterocycles. The Balaban J connectivity index is 2.04. The summed E-state index contributed by atoms with van der Waals surface area (Å²) in [6.07, 6.45) is -0.313. The second-order valence-electron chi connectivity index (χ2n) is 3.45. The van der Waals surface area contributed by atoms with Crippen LogP contribution in [0.3, 0.4) is 0 Å². The Labute approximate surface area is 98.9 Å². The molecular formula is C11H13ClO4. The average molecular weight is 245 g/mol. The quantitative estimate of drug-likeness (QED) is 0.561. The Morgan fingerprint density at radius 1 is 1.06 bits per heavy atom. The van der Waals surface area contributed by atoms with Gasteiger partial charge in [0, 0.05) is 0 Å². The lowest BCUT2D eigenvalue weighted by molar-refractivity contribution is -0.374. The maximum Gasteiger partial charge on any atom is 0.133 e. The van der Waals surface area contributed by atoms with Gasteiger partial charge in [0.05, 0.1) is 5.88 Å². The van der Waals surface area contributed by atoms with Crippen LogP contribution in [0.5, 0.6) is 0 Å². The molecule has 2 rings (SSSR count). The first-order chi connectivity index (χ1) is 7.90. The highest BCUT2D eigenvalue weighted by Crippen LogP contribution is 2.14. The zero-order chi connectivity index (χ0) is 11.2. The molecule has 1 aromatic carbocycles. The topological polar surface area (TPSA) is 36.9 Å². The molecular weight excluding hydrogens is 232 g/mol. The van der Waals surface area contributed by atoms with Gasteiger partial charge in [0.15, 0.2) is 0 Å². The minimum absolute atomic E-state index is 0.256. The van der Waals surface area contributed by atoms with Gasteiger partial charge in [0.1, 0.15) is 25.9 Å². The Morgan fingerprint density at radius 2 is 1.75 bits per heavy atom. The molecule has 0 N–H and O–H groups in total. The van der Waals surface area contributed by atoms with Crippen molar-refractivity contribution >= 4 is 11.6 Å². The smallest absolute Gasteiger partial charge is 0.133 e. The van der Waals surface area contributed by atoms with E-state index in [1.54, 1.807) is 0 Å². The molecule has 0 fully saturated rings. The summed E-state index contributed by atoms with van der Waals surface area (Å²) in [5, 5.41) is 0. The van der Waals surface area contributed by atoms with Gasteiger partial charge in [-0.1, -0.05) is 24.3 Å². The van der Waals surface area contributed by atoms with Crippen LogP contribution in [-0.2, 0) is 32.8 Å². The first kappa shape index (κ1) is 11.8. The van der Waals surface area contributed by atoms with Crippen LogP contribution < -0.4 is 0 Å². The molecule has 1 atom stereocenters. The Morgan fingerprint density at radius 3 is 2.44 bits per heavy atom. The van der Waals surface area contributed by atoms with Crippen molar-refractivity contribution < 1.29 is 19.6 Å². The van der Waals surface area contributed by atoms with Crippen LogP contribution in [0.15, 0.2) is 24.3 Å². The number of rotatable bonds is 1. The number of fused-ring (bicyclic) bond motifs is 1. The monoisotopic (exact) mass is 244 g/mol. The molecule has 0 saturated heterocycles. The number of halogens is 1. The summed E-state index contributed by atoms with van der Waals surface area (Å²) >= 11 is 5.66. The Kier molecular flexibility index (Phi) is 4.56. The second-order valence-corrected chi connectivity index (χ2v) is 3.76. The molecule has 0 amide bonds. The molecule has 0 saturated carbocycles. The van der Waals surface area contributed by atoms with Crippen LogP contribution in [0.4, 0.5) is 0 Å². The van der Waals surface area contributed by atoms with Gasteiger partial charge in [-0.2, -0.15) is 0 Å². The molecule has 0 spiro atoms. The van der Waals surface area contributed by atoms with Crippen molar-refractivity contribution in [2.75, 3.05) is 12.5 Å². The summed E-state index contributed by atoms with van der Waals surface area (Å²) in [4.78, 5) is 20.3. The fourth-order valence-corrected chi connectivity index (χ4v) is 1.50. The van der Waals surface area contributed by atoms with Gasteiger partial charge >= 0.3 is 0 Å². The molecule has 1 aliphatic rings. The summed E-state index contributed by atoms with van der Waals surface area (Å²) in [6.45, 7) is 1.03. The number of alkyl halides is 1. The minimum atomic E-state index is -0.313. The summed E-state index contributed by atoms with van der Waals surface area (Å²) in [5.41, 5.74) is 2.04. The molecule has 0 aliphatic carbocycles. The van der Waals surface area contributed by atoms with E-state index in [-0.39, 0.29) is 12.7 Å². The van der Waals surface area contributed by atoms with Gasteiger partial charge in [0.2, 0.25) is 0 Å². The Bertz CT molecular complexity index is 332. The fraction of sp³-hybridized carbons (Fsp3) is 0.455. The number of hydrogen-bond acceptors (Lipinski definition) is 4. The van der Waals surface area contributed by atoms with Crippen molar-refractivity contribution in [1.29, 1.82) is 0 Å². The van der Waals surface area contributed by atoms with E-state index in [0.717, 1.165) is 11.1 Å².